The van der Waals surface area contributed by atoms with Crippen molar-refractivity contribution in [1.82, 2.24) is 10.6 Å². The summed E-state index contributed by atoms with van der Waals surface area (Å²) in [4.78, 5) is 1.36. The molecule has 1 atom stereocenters. The lowest BCUT2D eigenvalue weighted by Gasteiger charge is -2.21. The first kappa shape index (κ1) is 18.5. The minimum absolute atomic E-state index is 0.544. The van der Waals surface area contributed by atoms with E-state index >= 15 is 0 Å². The molecule has 0 heterocycles. The predicted octanol–water partition coefficient (Wildman–Crippen LogP) is 4.17. The first-order valence-electron chi connectivity index (χ1n) is 8.22. The highest BCUT2D eigenvalue weighted by atomic mass is 32.2. The van der Waals surface area contributed by atoms with Crippen LogP contribution in [0.1, 0.15) is 40.5 Å². The summed E-state index contributed by atoms with van der Waals surface area (Å²) in [5, 5.41) is 7.26. The number of benzene rings is 1. The molecule has 0 saturated heterocycles. The molecule has 0 aliphatic rings. The molecular weight excluding hydrogens is 276 g/mol. The van der Waals surface area contributed by atoms with Gasteiger partial charge in [-0.1, -0.05) is 45.9 Å². The van der Waals surface area contributed by atoms with Crippen molar-refractivity contribution < 1.29 is 0 Å². The largest absolute Gasteiger partial charge is 0.317 e. The van der Waals surface area contributed by atoms with Crippen LogP contribution in [0, 0.1) is 5.92 Å². The molecule has 0 aliphatic heterocycles. The van der Waals surface area contributed by atoms with E-state index in [0.717, 1.165) is 24.8 Å². The van der Waals surface area contributed by atoms with Gasteiger partial charge < -0.3 is 10.6 Å². The summed E-state index contributed by atoms with van der Waals surface area (Å²) in [6, 6.07) is 11.8. The van der Waals surface area contributed by atoms with E-state index < -0.39 is 0 Å². The van der Waals surface area contributed by atoms with Crippen LogP contribution in [0.15, 0.2) is 35.2 Å². The average Bonchev–Trinajstić information content (AvgIpc) is 2.44. The van der Waals surface area contributed by atoms with Gasteiger partial charge in [-0.05, 0) is 44.0 Å². The molecule has 0 amide bonds. The first-order valence-corrected chi connectivity index (χ1v) is 9.21. The normalized spacial score (nSPS) is 13.0. The van der Waals surface area contributed by atoms with Crippen molar-refractivity contribution in [2.24, 2.45) is 5.92 Å². The number of hydrogen-bond acceptors (Lipinski definition) is 3. The van der Waals surface area contributed by atoms with E-state index in [1.807, 2.05) is 11.8 Å². The molecule has 0 spiro atoms. The van der Waals surface area contributed by atoms with Gasteiger partial charge in [-0.15, -0.1) is 11.8 Å². The van der Waals surface area contributed by atoms with E-state index in [2.05, 4.69) is 68.7 Å². The van der Waals surface area contributed by atoms with Crippen LogP contribution in [0.5, 0.6) is 0 Å². The zero-order valence-corrected chi connectivity index (χ0v) is 14.9. The molecule has 3 heteroatoms. The Hall–Kier alpha value is -0.510. The molecule has 2 nitrogen and oxygen atoms in total. The van der Waals surface area contributed by atoms with Crippen LogP contribution in [0.2, 0.25) is 0 Å². The van der Waals surface area contributed by atoms with Gasteiger partial charge in [0.2, 0.25) is 0 Å². The van der Waals surface area contributed by atoms with Crippen LogP contribution in [0.4, 0.5) is 0 Å². The van der Waals surface area contributed by atoms with Crippen molar-refractivity contribution in [3.63, 3.8) is 0 Å². The second-order valence-electron chi connectivity index (χ2n) is 6.36. The van der Waals surface area contributed by atoms with Crippen molar-refractivity contribution in [3.05, 3.63) is 30.3 Å². The summed E-state index contributed by atoms with van der Waals surface area (Å²) in [5.41, 5.74) is 0. The lowest BCUT2D eigenvalue weighted by atomic mass is 10.1. The second kappa shape index (κ2) is 11.1. The van der Waals surface area contributed by atoms with Gasteiger partial charge in [0.05, 0.1) is 0 Å². The molecule has 1 unspecified atom stereocenters. The van der Waals surface area contributed by atoms with E-state index in [4.69, 9.17) is 0 Å². The number of hydrogen-bond donors (Lipinski definition) is 2. The Bertz CT molecular complexity index is 351. The third-order valence-electron chi connectivity index (χ3n) is 3.33. The molecule has 1 rings (SSSR count). The van der Waals surface area contributed by atoms with Crippen molar-refractivity contribution in [2.45, 2.75) is 57.5 Å². The fraction of sp³-hybridized carbons (Fsp3) is 0.667. The highest BCUT2D eigenvalue weighted by molar-refractivity contribution is 7.99. The minimum atomic E-state index is 0.544. The van der Waals surface area contributed by atoms with E-state index in [9.17, 15) is 0 Å². The van der Waals surface area contributed by atoms with Crippen molar-refractivity contribution in [1.29, 1.82) is 0 Å². The Labute approximate surface area is 135 Å². The number of rotatable bonds is 11. The standard InChI is InChI=1S/C18H32N2S/c1-15(2)10-12-19-13-11-17(20-16(3)4)14-21-18-8-6-5-7-9-18/h5-9,15-17,19-20H,10-14H2,1-4H3. The van der Waals surface area contributed by atoms with E-state index in [1.165, 1.54) is 17.7 Å². The molecule has 1 aromatic rings. The molecule has 0 bridgehead atoms. The van der Waals surface area contributed by atoms with Gasteiger partial charge in [0.15, 0.2) is 0 Å². The molecule has 0 aliphatic carbocycles. The van der Waals surface area contributed by atoms with Gasteiger partial charge in [0.1, 0.15) is 0 Å². The van der Waals surface area contributed by atoms with Crippen LogP contribution in [-0.4, -0.2) is 30.9 Å². The average molecular weight is 309 g/mol. The molecule has 0 saturated carbocycles. The maximum atomic E-state index is 3.69. The molecule has 0 fully saturated rings. The lowest BCUT2D eigenvalue weighted by molar-refractivity contribution is 0.449. The van der Waals surface area contributed by atoms with Crippen LogP contribution in [0.25, 0.3) is 0 Å². The Morgan fingerprint density at radius 2 is 1.62 bits per heavy atom. The third kappa shape index (κ3) is 9.94. The predicted molar refractivity (Wildman–Crippen MR) is 96.2 cm³/mol. The molecule has 2 N–H and O–H groups in total. The maximum absolute atomic E-state index is 3.69. The Balaban J connectivity index is 2.27. The summed E-state index contributed by atoms with van der Waals surface area (Å²) in [5.74, 6) is 1.92. The zero-order chi connectivity index (χ0) is 15.5. The van der Waals surface area contributed by atoms with Gasteiger partial charge in [0, 0.05) is 22.7 Å². The van der Waals surface area contributed by atoms with Crippen LogP contribution < -0.4 is 10.6 Å². The van der Waals surface area contributed by atoms with E-state index in [-0.39, 0.29) is 0 Å². The van der Waals surface area contributed by atoms with Crippen molar-refractivity contribution in [2.75, 3.05) is 18.8 Å². The molecular formula is C18H32N2S. The Kier molecular flexibility index (Phi) is 9.81. The summed E-state index contributed by atoms with van der Waals surface area (Å²) >= 11 is 1.95. The highest BCUT2D eigenvalue weighted by Crippen LogP contribution is 2.18. The molecule has 1 aromatic carbocycles. The summed E-state index contributed by atoms with van der Waals surface area (Å²) in [7, 11) is 0. The monoisotopic (exact) mass is 308 g/mol. The third-order valence-corrected chi connectivity index (χ3v) is 4.51. The Morgan fingerprint density at radius 1 is 0.952 bits per heavy atom. The zero-order valence-electron chi connectivity index (χ0n) is 14.1. The number of nitrogens with one attached hydrogen (secondary N) is 2. The van der Waals surface area contributed by atoms with Crippen LogP contribution >= 0.6 is 11.8 Å². The maximum Gasteiger partial charge on any atom is 0.0176 e. The van der Waals surface area contributed by atoms with Gasteiger partial charge in [-0.25, -0.2) is 0 Å². The summed E-state index contributed by atoms with van der Waals surface area (Å²) in [6.07, 6.45) is 2.46. The van der Waals surface area contributed by atoms with Crippen LogP contribution in [-0.2, 0) is 0 Å². The van der Waals surface area contributed by atoms with Crippen molar-refractivity contribution >= 4 is 11.8 Å². The van der Waals surface area contributed by atoms with Gasteiger partial charge in [0.25, 0.3) is 0 Å². The van der Waals surface area contributed by atoms with Gasteiger partial charge in [-0.2, -0.15) is 0 Å². The van der Waals surface area contributed by atoms with Crippen LogP contribution in [0.3, 0.4) is 0 Å². The molecule has 120 valence electrons. The number of thioether (sulfide) groups is 1. The fourth-order valence-corrected chi connectivity index (χ4v) is 3.20. The summed E-state index contributed by atoms with van der Waals surface area (Å²) in [6.45, 7) is 11.3. The van der Waals surface area contributed by atoms with Gasteiger partial charge in [-0.3, -0.25) is 0 Å². The first-order chi connectivity index (χ1) is 10.1. The topological polar surface area (TPSA) is 24.1 Å². The second-order valence-corrected chi connectivity index (χ2v) is 7.46. The molecule has 0 radical (unpaired) electrons. The minimum Gasteiger partial charge on any atom is -0.317 e. The van der Waals surface area contributed by atoms with Crippen molar-refractivity contribution in [3.8, 4) is 0 Å². The Morgan fingerprint density at radius 3 is 2.24 bits per heavy atom. The quantitative estimate of drug-likeness (QED) is 0.474. The molecule has 0 aromatic heterocycles. The fourth-order valence-electron chi connectivity index (χ4n) is 2.19. The SMILES string of the molecule is CC(C)CCNCCC(CSc1ccccc1)NC(C)C. The smallest absolute Gasteiger partial charge is 0.0176 e. The highest BCUT2D eigenvalue weighted by Gasteiger charge is 2.10. The lowest BCUT2D eigenvalue weighted by Crippen LogP contribution is -2.39. The van der Waals surface area contributed by atoms with E-state index in [0.29, 0.717) is 12.1 Å². The molecule has 21 heavy (non-hydrogen) atoms. The van der Waals surface area contributed by atoms with Gasteiger partial charge >= 0.3 is 0 Å². The van der Waals surface area contributed by atoms with E-state index in [1.54, 1.807) is 0 Å². The summed E-state index contributed by atoms with van der Waals surface area (Å²) < 4.78 is 0.